The van der Waals surface area contributed by atoms with Crippen molar-refractivity contribution in [2.24, 2.45) is 0 Å². The van der Waals surface area contributed by atoms with E-state index in [1.54, 1.807) is 19.9 Å². The second-order valence-corrected chi connectivity index (χ2v) is 5.97. The molecule has 0 amide bonds. The Morgan fingerprint density at radius 2 is 2.00 bits per heavy atom. The lowest BCUT2D eigenvalue weighted by Crippen LogP contribution is -2.16. The molecular formula is C13H13FN2O3S. The fraction of sp³-hybridized carbons (Fsp3) is 0.154. The van der Waals surface area contributed by atoms with Gasteiger partial charge in [0, 0.05) is 6.20 Å². The number of nitrogens with one attached hydrogen (secondary N) is 1. The third-order valence-corrected chi connectivity index (χ3v) is 3.97. The first kappa shape index (κ1) is 14.3. The largest absolute Gasteiger partial charge is 0.505 e. The summed E-state index contributed by atoms with van der Waals surface area (Å²) < 4.78 is 39.8. The molecule has 0 fully saturated rings. The summed E-state index contributed by atoms with van der Waals surface area (Å²) in [7, 11) is -4.20. The minimum absolute atomic E-state index is 0.00690. The van der Waals surface area contributed by atoms with Gasteiger partial charge in [0.2, 0.25) is 5.03 Å². The summed E-state index contributed by atoms with van der Waals surface area (Å²) >= 11 is 0. The smallest absolute Gasteiger partial charge is 0.282 e. The van der Waals surface area contributed by atoms with E-state index in [-0.39, 0.29) is 11.4 Å². The summed E-state index contributed by atoms with van der Waals surface area (Å²) in [5.74, 6) is -1.15. The molecule has 2 N–H and O–H groups in total. The minimum Gasteiger partial charge on any atom is -0.505 e. The van der Waals surface area contributed by atoms with Crippen molar-refractivity contribution in [1.82, 2.24) is 4.98 Å². The first-order chi connectivity index (χ1) is 9.31. The van der Waals surface area contributed by atoms with Crippen molar-refractivity contribution in [2.45, 2.75) is 18.9 Å². The summed E-state index contributed by atoms with van der Waals surface area (Å²) in [6, 6.07) is 5.46. The van der Waals surface area contributed by atoms with Crippen LogP contribution in [0.25, 0.3) is 0 Å². The molecule has 2 rings (SSSR count). The van der Waals surface area contributed by atoms with E-state index in [1.165, 1.54) is 18.3 Å². The van der Waals surface area contributed by atoms with Crippen LogP contribution in [0.2, 0.25) is 0 Å². The van der Waals surface area contributed by atoms with Crippen LogP contribution in [0.3, 0.4) is 0 Å². The number of phenolic OH excluding ortho intramolecular Hbond substituents is 1. The van der Waals surface area contributed by atoms with Gasteiger partial charge < -0.3 is 5.11 Å². The molecule has 1 aromatic carbocycles. The van der Waals surface area contributed by atoms with E-state index in [0.29, 0.717) is 5.56 Å². The van der Waals surface area contributed by atoms with Crippen molar-refractivity contribution in [1.29, 1.82) is 0 Å². The molecule has 0 unspecified atom stereocenters. The predicted molar refractivity (Wildman–Crippen MR) is 72.6 cm³/mol. The molecule has 0 aliphatic rings. The number of hydrogen-bond donors (Lipinski definition) is 2. The number of benzene rings is 1. The molecule has 0 atom stereocenters. The predicted octanol–water partition coefficient (Wildman–Crippen LogP) is 2.34. The van der Waals surface area contributed by atoms with Gasteiger partial charge in [-0.2, -0.15) is 8.42 Å². The highest BCUT2D eigenvalue weighted by Gasteiger charge is 2.22. The summed E-state index contributed by atoms with van der Waals surface area (Å²) in [6.45, 7) is 3.40. The minimum atomic E-state index is -4.20. The number of aromatic nitrogens is 1. The Kier molecular flexibility index (Phi) is 3.63. The Bertz CT molecular complexity index is 760. The number of hydrogen-bond acceptors (Lipinski definition) is 4. The highest BCUT2D eigenvalue weighted by atomic mass is 32.2. The van der Waals surface area contributed by atoms with E-state index < -0.39 is 20.9 Å². The van der Waals surface area contributed by atoms with Crippen LogP contribution >= 0.6 is 0 Å². The van der Waals surface area contributed by atoms with Crippen LogP contribution in [0.5, 0.6) is 5.75 Å². The maximum absolute atomic E-state index is 13.5. The summed E-state index contributed by atoms with van der Waals surface area (Å²) in [5, 5.41) is 9.15. The zero-order chi connectivity index (χ0) is 14.9. The van der Waals surface area contributed by atoms with Crippen LogP contribution in [-0.2, 0) is 10.0 Å². The van der Waals surface area contributed by atoms with Crippen LogP contribution in [0.15, 0.2) is 35.5 Å². The van der Waals surface area contributed by atoms with Gasteiger partial charge in [-0.3, -0.25) is 4.72 Å². The standard InChI is InChI=1S/C13H13FN2O3S/c1-8-6-9(2)12(17)11(7-8)16-20(18,19)13-10(14)4-3-5-15-13/h3-7,16-17H,1-2H3. The monoisotopic (exact) mass is 296 g/mol. The highest BCUT2D eigenvalue weighted by molar-refractivity contribution is 7.92. The lowest BCUT2D eigenvalue weighted by atomic mass is 10.1. The maximum Gasteiger partial charge on any atom is 0.282 e. The Hall–Kier alpha value is -2.15. The highest BCUT2D eigenvalue weighted by Crippen LogP contribution is 2.30. The molecule has 5 nitrogen and oxygen atoms in total. The molecule has 0 spiro atoms. The summed E-state index contributed by atoms with van der Waals surface area (Å²) in [6.07, 6.45) is 1.18. The molecule has 0 aliphatic heterocycles. The number of nitrogens with zero attached hydrogens (tertiary/aromatic N) is 1. The van der Waals surface area contributed by atoms with Gasteiger partial charge in [0.1, 0.15) is 5.75 Å². The zero-order valence-corrected chi connectivity index (χ0v) is 11.7. The SMILES string of the molecule is Cc1cc(C)c(O)c(NS(=O)(=O)c2ncccc2F)c1. The second-order valence-electron chi connectivity index (χ2n) is 4.37. The molecule has 0 saturated carbocycles. The third-order valence-electron chi connectivity index (χ3n) is 2.67. The zero-order valence-electron chi connectivity index (χ0n) is 10.9. The molecule has 106 valence electrons. The maximum atomic E-state index is 13.5. The van der Waals surface area contributed by atoms with Crippen LogP contribution in [-0.4, -0.2) is 18.5 Å². The number of pyridine rings is 1. The van der Waals surface area contributed by atoms with Gasteiger partial charge >= 0.3 is 0 Å². The van der Waals surface area contributed by atoms with Crippen LogP contribution in [0, 0.1) is 19.7 Å². The Labute approximate surface area is 116 Å². The first-order valence-corrected chi connectivity index (χ1v) is 7.23. The third kappa shape index (κ3) is 2.72. The molecular weight excluding hydrogens is 283 g/mol. The van der Waals surface area contributed by atoms with Crippen molar-refractivity contribution in [3.8, 4) is 5.75 Å². The molecule has 7 heteroatoms. The number of rotatable bonds is 3. The van der Waals surface area contributed by atoms with Gasteiger partial charge in [-0.25, -0.2) is 9.37 Å². The van der Waals surface area contributed by atoms with E-state index >= 15 is 0 Å². The lowest BCUT2D eigenvalue weighted by Gasteiger charge is -2.12. The average molecular weight is 296 g/mol. The topological polar surface area (TPSA) is 79.3 Å². The fourth-order valence-electron chi connectivity index (χ4n) is 1.80. The molecule has 1 heterocycles. The van der Waals surface area contributed by atoms with Gasteiger partial charge in [-0.1, -0.05) is 6.07 Å². The van der Waals surface area contributed by atoms with Gasteiger partial charge in [0.25, 0.3) is 10.0 Å². The molecule has 0 bridgehead atoms. The molecule has 2 aromatic rings. The average Bonchev–Trinajstić information content (AvgIpc) is 2.35. The number of aromatic hydroxyl groups is 1. The van der Waals surface area contributed by atoms with Crippen molar-refractivity contribution in [3.63, 3.8) is 0 Å². The van der Waals surface area contributed by atoms with Gasteiger partial charge in [-0.15, -0.1) is 0 Å². The lowest BCUT2D eigenvalue weighted by molar-refractivity contribution is 0.473. The quantitative estimate of drug-likeness (QED) is 0.852. The van der Waals surface area contributed by atoms with Crippen molar-refractivity contribution in [2.75, 3.05) is 4.72 Å². The normalized spacial score (nSPS) is 11.3. The summed E-state index contributed by atoms with van der Waals surface area (Å²) in [4.78, 5) is 3.51. The number of aryl methyl sites for hydroxylation is 2. The Morgan fingerprint density at radius 1 is 1.30 bits per heavy atom. The molecule has 0 aliphatic carbocycles. The van der Waals surface area contributed by atoms with Crippen molar-refractivity contribution in [3.05, 3.63) is 47.4 Å². The van der Waals surface area contributed by atoms with E-state index in [2.05, 4.69) is 9.71 Å². The molecule has 0 saturated heterocycles. The molecule has 20 heavy (non-hydrogen) atoms. The van der Waals surface area contributed by atoms with E-state index in [0.717, 1.165) is 11.6 Å². The molecule has 1 aromatic heterocycles. The van der Waals surface area contributed by atoms with Crippen LogP contribution in [0.1, 0.15) is 11.1 Å². The first-order valence-electron chi connectivity index (χ1n) is 5.75. The van der Waals surface area contributed by atoms with Crippen molar-refractivity contribution >= 4 is 15.7 Å². The van der Waals surface area contributed by atoms with Gasteiger partial charge in [0.15, 0.2) is 5.82 Å². The number of phenols is 1. The van der Waals surface area contributed by atoms with Crippen LogP contribution in [0.4, 0.5) is 10.1 Å². The van der Waals surface area contributed by atoms with E-state index in [9.17, 15) is 17.9 Å². The van der Waals surface area contributed by atoms with Gasteiger partial charge in [0.05, 0.1) is 5.69 Å². The number of halogens is 1. The second kappa shape index (κ2) is 5.09. The summed E-state index contributed by atoms with van der Waals surface area (Å²) in [5.41, 5.74) is 1.27. The molecule has 0 radical (unpaired) electrons. The number of anilines is 1. The Balaban J connectivity index is 2.47. The van der Waals surface area contributed by atoms with E-state index in [1.807, 2.05) is 0 Å². The Morgan fingerprint density at radius 3 is 2.65 bits per heavy atom. The van der Waals surface area contributed by atoms with Crippen LogP contribution < -0.4 is 4.72 Å². The number of sulfonamides is 1. The fourth-order valence-corrected chi connectivity index (χ4v) is 2.87. The van der Waals surface area contributed by atoms with Crippen molar-refractivity contribution < 1.29 is 17.9 Å². The van der Waals surface area contributed by atoms with Gasteiger partial charge in [-0.05, 0) is 43.2 Å². The van der Waals surface area contributed by atoms with E-state index in [4.69, 9.17) is 0 Å².